The summed E-state index contributed by atoms with van der Waals surface area (Å²) in [4.78, 5) is 13.3. The molecule has 0 fully saturated rings. The number of amides is 1. The molecule has 0 aliphatic rings. The van der Waals surface area contributed by atoms with E-state index in [-0.39, 0.29) is 4.90 Å². The van der Waals surface area contributed by atoms with Crippen molar-refractivity contribution in [3.05, 3.63) is 22.7 Å². The summed E-state index contributed by atoms with van der Waals surface area (Å²) in [6.07, 6.45) is -0.890. The van der Waals surface area contributed by atoms with Crippen LogP contribution >= 0.6 is 15.9 Å². The van der Waals surface area contributed by atoms with Gasteiger partial charge in [-0.1, -0.05) is 0 Å². The second-order valence-electron chi connectivity index (χ2n) is 5.03. The van der Waals surface area contributed by atoms with Crippen LogP contribution in [-0.4, -0.2) is 27.2 Å². The zero-order chi connectivity index (χ0) is 16.3. The smallest absolute Gasteiger partial charge is 0.423 e. The van der Waals surface area contributed by atoms with E-state index in [0.717, 1.165) is 0 Å². The second kappa shape index (κ2) is 6.63. The largest absolute Gasteiger partial charge is 0.496 e. The first-order valence-corrected chi connectivity index (χ1v) is 8.17. The third kappa shape index (κ3) is 5.52. The van der Waals surface area contributed by atoms with Crippen LogP contribution in [0.5, 0.6) is 5.75 Å². The molecule has 118 valence electrons. The lowest BCUT2D eigenvalue weighted by molar-refractivity contribution is 0.0515. The van der Waals surface area contributed by atoms with Crippen molar-refractivity contribution >= 4 is 32.0 Å². The highest BCUT2D eigenvalue weighted by Crippen LogP contribution is 2.27. The van der Waals surface area contributed by atoms with Crippen molar-refractivity contribution in [1.29, 1.82) is 0 Å². The molecule has 7 nitrogen and oxygen atoms in total. The number of sulfonamides is 1. The number of rotatable bonds is 4. The maximum atomic E-state index is 12.0. The molecule has 1 aromatic carbocycles. The van der Waals surface area contributed by atoms with Gasteiger partial charge in [-0.05, 0) is 54.9 Å². The molecule has 0 heterocycles. The van der Waals surface area contributed by atoms with E-state index >= 15 is 0 Å². The quantitative estimate of drug-likeness (QED) is 0.780. The highest BCUT2D eigenvalue weighted by molar-refractivity contribution is 9.10. The van der Waals surface area contributed by atoms with Crippen LogP contribution < -0.4 is 15.0 Å². The average molecular weight is 381 g/mol. The lowest BCUT2D eigenvalue weighted by Crippen LogP contribution is -2.44. The molecular weight excluding hydrogens is 364 g/mol. The maximum Gasteiger partial charge on any atom is 0.423 e. The van der Waals surface area contributed by atoms with Crippen molar-refractivity contribution in [2.24, 2.45) is 0 Å². The van der Waals surface area contributed by atoms with Gasteiger partial charge in [-0.3, -0.25) is 0 Å². The lowest BCUT2D eigenvalue weighted by atomic mass is 10.2. The van der Waals surface area contributed by atoms with E-state index in [1.807, 2.05) is 10.3 Å². The fraction of sp³-hybridized carbons (Fsp3) is 0.417. The first-order valence-electron chi connectivity index (χ1n) is 5.89. The van der Waals surface area contributed by atoms with Crippen molar-refractivity contribution in [3.8, 4) is 5.75 Å². The van der Waals surface area contributed by atoms with Crippen molar-refractivity contribution in [1.82, 2.24) is 10.3 Å². The summed E-state index contributed by atoms with van der Waals surface area (Å²) < 4.78 is 34.4. The van der Waals surface area contributed by atoms with Crippen LogP contribution in [0.15, 0.2) is 27.6 Å². The number of methoxy groups -OCH3 is 1. The van der Waals surface area contributed by atoms with Crippen LogP contribution in [0.4, 0.5) is 4.79 Å². The van der Waals surface area contributed by atoms with Gasteiger partial charge in [0.05, 0.1) is 16.5 Å². The Labute approximate surface area is 132 Å². The number of hydrogen-bond donors (Lipinski definition) is 2. The number of benzene rings is 1. The molecule has 21 heavy (non-hydrogen) atoms. The molecule has 0 aliphatic heterocycles. The van der Waals surface area contributed by atoms with Gasteiger partial charge in [-0.25, -0.2) is 18.6 Å². The van der Waals surface area contributed by atoms with Gasteiger partial charge < -0.3 is 9.47 Å². The fourth-order valence-corrected chi connectivity index (χ4v) is 2.83. The summed E-state index contributed by atoms with van der Waals surface area (Å²) in [6, 6.07) is 4.20. The fourth-order valence-electron chi connectivity index (χ4n) is 1.29. The molecular formula is C12H17BrN2O5S. The zero-order valence-corrected chi connectivity index (χ0v) is 14.5. The molecule has 1 rings (SSSR count). The molecule has 0 bridgehead atoms. The monoisotopic (exact) mass is 380 g/mol. The van der Waals surface area contributed by atoms with E-state index in [4.69, 9.17) is 9.47 Å². The number of hydrazine groups is 1. The Morgan fingerprint density at radius 3 is 2.38 bits per heavy atom. The van der Waals surface area contributed by atoms with Gasteiger partial charge in [0.2, 0.25) is 0 Å². The van der Waals surface area contributed by atoms with Gasteiger partial charge in [-0.15, -0.1) is 4.83 Å². The Hall–Kier alpha value is -1.32. The standard InChI is InChI=1S/C12H17BrN2O5S/c1-12(2,3)20-11(16)14-15-21(17,18)8-5-6-10(19-4)9(13)7-8/h5-7,15H,1-4H3,(H,14,16). The van der Waals surface area contributed by atoms with E-state index in [2.05, 4.69) is 15.9 Å². The predicted molar refractivity (Wildman–Crippen MR) is 80.4 cm³/mol. The minimum absolute atomic E-state index is 0.0359. The number of nitrogens with one attached hydrogen (secondary N) is 2. The van der Waals surface area contributed by atoms with E-state index < -0.39 is 21.7 Å². The van der Waals surface area contributed by atoms with Crippen LogP contribution in [0.3, 0.4) is 0 Å². The number of halogens is 1. The SMILES string of the molecule is COc1ccc(S(=O)(=O)NNC(=O)OC(C)(C)C)cc1Br. The lowest BCUT2D eigenvalue weighted by Gasteiger charge is -2.19. The van der Waals surface area contributed by atoms with Gasteiger partial charge in [0.1, 0.15) is 11.4 Å². The van der Waals surface area contributed by atoms with E-state index in [1.54, 1.807) is 20.8 Å². The van der Waals surface area contributed by atoms with E-state index in [0.29, 0.717) is 10.2 Å². The Morgan fingerprint density at radius 1 is 1.29 bits per heavy atom. The third-order valence-corrected chi connectivity index (χ3v) is 3.98. The molecule has 0 radical (unpaired) electrons. The molecule has 0 unspecified atom stereocenters. The highest BCUT2D eigenvalue weighted by atomic mass is 79.9. The highest BCUT2D eigenvalue weighted by Gasteiger charge is 2.20. The van der Waals surface area contributed by atoms with Gasteiger partial charge in [0.25, 0.3) is 10.0 Å². The van der Waals surface area contributed by atoms with Crippen LogP contribution in [0, 0.1) is 0 Å². The number of carbonyl (C=O) groups is 1. The molecule has 1 amide bonds. The Morgan fingerprint density at radius 2 is 1.90 bits per heavy atom. The Bertz CT molecular complexity index is 625. The number of ether oxygens (including phenoxy) is 2. The summed E-state index contributed by atoms with van der Waals surface area (Å²) in [5, 5.41) is 0. The summed E-state index contributed by atoms with van der Waals surface area (Å²) in [6.45, 7) is 5.00. The van der Waals surface area contributed by atoms with Gasteiger partial charge >= 0.3 is 6.09 Å². The number of hydrogen-bond acceptors (Lipinski definition) is 5. The summed E-state index contributed by atoms with van der Waals surface area (Å²) in [7, 11) is -2.44. The minimum atomic E-state index is -3.91. The molecule has 9 heteroatoms. The maximum absolute atomic E-state index is 12.0. The van der Waals surface area contributed by atoms with Crippen LogP contribution in [0.2, 0.25) is 0 Å². The summed E-state index contributed by atoms with van der Waals surface area (Å²) >= 11 is 3.19. The molecule has 0 spiro atoms. The van der Waals surface area contributed by atoms with Crippen molar-refractivity contribution in [2.45, 2.75) is 31.3 Å². The Kier molecular flexibility index (Phi) is 5.60. The molecule has 0 atom stereocenters. The molecule has 0 aromatic heterocycles. The van der Waals surface area contributed by atoms with Crippen molar-refractivity contribution in [3.63, 3.8) is 0 Å². The zero-order valence-electron chi connectivity index (χ0n) is 12.1. The first kappa shape index (κ1) is 17.7. The predicted octanol–water partition coefficient (Wildman–Crippen LogP) is 2.18. The molecule has 0 aliphatic carbocycles. The van der Waals surface area contributed by atoms with Gasteiger partial charge in [0.15, 0.2) is 0 Å². The number of carbonyl (C=O) groups excluding carboxylic acids is 1. The van der Waals surface area contributed by atoms with Gasteiger partial charge in [0, 0.05) is 0 Å². The molecule has 0 saturated carbocycles. The Balaban J connectivity index is 2.78. The second-order valence-corrected chi connectivity index (χ2v) is 7.57. The normalized spacial score (nSPS) is 11.9. The summed E-state index contributed by atoms with van der Waals surface area (Å²) in [5.74, 6) is 0.494. The van der Waals surface area contributed by atoms with Crippen LogP contribution in [-0.2, 0) is 14.8 Å². The summed E-state index contributed by atoms with van der Waals surface area (Å²) in [5.41, 5.74) is 1.26. The van der Waals surface area contributed by atoms with Crippen LogP contribution in [0.1, 0.15) is 20.8 Å². The van der Waals surface area contributed by atoms with Crippen LogP contribution in [0.25, 0.3) is 0 Å². The molecule has 1 aromatic rings. The van der Waals surface area contributed by atoms with Gasteiger partial charge in [-0.2, -0.15) is 0 Å². The third-order valence-electron chi connectivity index (χ3n) is 2.12. The van der Waals surface area contributed by atoms with E-state index in [1.165, 1.54) is 25.3 Å². The van der Waals surface area contributed by atoms with Crippen molar-refractivity contribution in [2.75, 3.05) is 7.11 Å². The van der Waals surface area contributed by atoms with E-state index in [9.17, 15) is 13.2 Å². The molecule has 0 saturated heterocycles. The molecule has 2 N–H and O–H groups in total. The average Bonchev–Trinajstić information content (AvgIpc) is 2.34. The topological polar surface area (TPSA) is 93.7 Å². The van der Waals surface area contributed by atoms with Crippen molar-refractivity contribution < 1.29 is 22.7 Å². The minimum Gasteiger partial charge on any atom is -0.496 e. The first-order chi connectivity index (χ1) is 9.55.